The molecule has 0 saturated carbocycles. The van der Waals surface area contributed by atoms with E-state index in [-0.39, 0.29) is 23.2 Å². The Morgan fingerprint density at radius 1 is 1.29 bits per heavy atom. The molecule has 0 aliphatic carbocycles. The summed E-state index contributed by atoms with van der Waals surface area (Å²) in [6.45, 7) is 0.0543. The van der Waals surface area contributed by atoms with Gasteiger partial charge in [-0.1, -0.05) is 17.7 Å². The van der Waals surface area contributed by atoms with Gasteiger partial charge in [0.25, 0.3) is 11.6 Å². The summed E-state index contributed by atoms with van der Waals surface area (Å²) in [6, 6.07) is 11.8. The van der Waals surface area contributed by atoms with Crippen molar-refractivity contribution in [2.45, 2.75) is 0 Å². The minimum atomic E-state index is -0.580. The normalized spacial score (nSPS) is 10.6. The Balaban J connectivity index is 1.87. The minimum Gasteiger partial charge on any atom is -0.376 e. The van der Waals surface area contributed by atoms with Crippen molar-refractivity contribution >= 4 is 57.7 Å². The second kappa shape index (κ2) is 8.60. The molecule has 0 aliphatic heterocycles. The highest BCUT2D eigenvalue weighted by molar-refractivity contribution is 14.1. The van der Waals surface area contributed by atoms with Gasteiger partial charge in [-0.2, -0.15) is 5.10 Å². The maximum atomic E-state index is 11.7. The summed E-state index contributed by atoms with van der Waals surface area (Å²) in [5.41, 5.74) is 3.40. The summed E-state index contributed by atoms with van der Waals surface area (Å²) in [6.07, 6.45) is 1.31. The van der Waals surface area contributed by atoms with Crippen LogP contribution in [0, 0.1) is 13.7 Å². The number of halogens is 2. The van der Waals surface area contributed by atoms with E-state index in [0.29, 0.717) is 5.56 Å². The van der Waals surface area contributed by atoms with Crippen molar-refractivity contribution < 1.29 is 9.72 Å². The molecule has 2 aromatic carbocycles. The molecular weight excluding hydrogens is 447 g/mol. The maximum absolute atomic E-state index is 11.7. The third-order valence-electron chi connectivity index (χ3n) is 2.87. The van der Waals surface area contributed by atoms with E-state index in [2.05, 4.69) is 38.4 Å². The van der Waals surface area contributed by atoms with E-state index in [1.165, 1.54) is 18.3 Å². The number of nitro benzene ring substituents is 1. The van der Waals surface area contributed by atoms with Gasteiger partial charge in [0.05, 0.1) is 17.7 Å². The van der Waals surface area contributed by atoms with Crippen LogP contribution in [0.4, 0.5) is 11.4 Å². The number of carbonyl (C=O) groups excluding carboxylic acids is 1. The summed E-state index contributed by atoms with van der Waals surface area (Å²) >= 11 is 7.91. The Kier molecular flexibility index (Phi) is 6.50. The topological polar surface area (TPSA) is 96.6 Å². The average molecular weight is 459 g/mol. The lowest BCUT2D eigenvalue weighted by molar-refractivity contribution is -0.384. The number of amides is 1. The molecule has 0 spiro atoms. The quantitative estimate of drug-likeness (QED) is 0.300. The predicted octanol–water partition coefficient (Wildman–Crippen LogP) is 3.42. The summed E-state index contributed by atoms with van der Waals surface area (Å²) in [5, 5.41) is 17.6. The van der Waals surface area contributed by atoms with E-state index in [9.17, 15) is 14.9 Å². The molecule has 9 heteroatoms. The van der Waals surface area contributed by atoms with Crippen molar-refractivity contribution in [2.75, 3.05) is 11.9 Å². The Morgan fingerprint density at radius 2 is 2.00 bits per heavy atom. The highest BCUT2D eigenvalue weighted by Crippen LogP contribution is 2.24. The van der Waals surface area contributed by atoms with Crippen LogP contribution in [0.25, 0.3) is 0 Å². The third kappa shape index (κ3) is 5.46. The SMILES string of the molecule is O=C(CNc1ccc(I)cc1)N/N=C\c1ccc(Cl)c([N+](=O)[O-])c1. The second-order valence-corrected chi connectivity index (χ2v) is 6.27. The number of rotatable bonds is 6. The molecule has 24 heavy (non-hydrogen) atoms. The molecule has 2 aromatic rings. The van der Waals surface area contributed by atoms with Gasteiger partial charge in [0, 0.05) is 20.9 Å². The number of hydrogen-bond acceptors (Lipinski definition) is 5. The number of carbonyl (C=O) groups is 1. The molecule has 0 aromatic heterocycles. The van der Waals surface area contributed by atoms with Crippen molar-refractivity contribution in [1.29, 1.82) is 0 Å². The zero-order valence-electron chi connectivity index (χ0n) is 12.2. The van der Waals surface area contributed by atoms with Crippen LogP contribution >= 0.6 is 34.2 Å². The van der Waals surface area contributed by atoms with Gasteiger partial charge in [0.1, 0.15) is 5.02 Å². The van der Waals surface area contributed by atoms with E-state index in [1.807, 2.05) is 24.3 Å². The lowest BCUT2D eigenvalue weighted by atomic mass is 10.2. The highest BCUT2D eigenvalue weighted by atomic mass is 127. The Morgan fingerprint density at radius 3 is 2.67 bits per heavy atom. The lowest BCUT2D eigenvalue weighted by Crippen LogP contribution is -2.25. The molecule has 0 atom stereocenters. The number of anilines is 1. The zero-order valence-corrected chi connectivity index (χ0v) is 15.1. The highest BCUT2D eigenvalue weighted by Gasteiger charge is 2.11. The number of hydrogen-bond donors (Lipinski definition) is 2. The summed E-state index contributed by atoms with van der Waals surface area (Å²) in [5.74, 6) is -0.340. The molecule has 0 heterocycles. The van der Waals surface area contributed by atoms with E-state index in [4.69, 9.17) is 11.6 Å². The van der Waals surface area contributed by atoms with Gasteiger partial charge in [0.2, 0.25) is 0 Å². The Labute approximate surface area is 156 Å². The van der Waals surface area contributed by atoms with Crippen molar-refractivity contribution in [3.8, 4) is 0 Å². The predicted molar refractivity (Wildman–Crippen MR) is 101 cm³/mol. The van der Waals surface area contributed by atoms with Gasteiger partial charge in [-0.15, -0.1) is 0 Å². The first-order valence-corrected chi connectivity index (χ1v) is 8.16. The lowest BCUT2D eigenvalue weighted by Gasteiger charge is -2.05. The molecule has 0 aliphatic rings. The Hall–Kier alpha value is -2.20. The molecule has 0 radical (unpaired) electrons. The van der Waals surface area contributed by atoms with E-state index >= 15 is 0 Å². The smallest absolute Gasteiger partial charge is 0.288 e. The van der Waals surface area contributed by atoms with Crippen molar-refractivity contribution in [3.63, 3.8) is 0 Å². The van der Waals surface area contributed by atoms with Crippen LogP contribution in [0.3, 0.4) is 0 Å². The monoisotopic (exact) mass is 458 g/mol. The van der Waals surface area contributed by atoms with Crippen LogP contribution in [0.15, 0.2) is 47.6 Å². The number of hydrazone groups is 1. The number of benzene rings is 2. The van der Waals surface area contributed by atoms with Gasteiger partial charge in [-0.05, 0) is 52.9 Å². The van der Waals surface area contributed by atoms with E-state index in [0.717, 1.165) is 9.26 Å². The molecule has 2 N–H and O–H groups in total. The minimum absolute atomic E-state index is 0.0444. The summed E-state index contributed by atoms with van der Waals surface area (Å²) < 4.78 is 1.10. The van der Waals surface area contributed by atoms with Crippen molar-refractivity contribution in [1.82, 2.24) is 5.43 Å². The molecule has 124 valence electrons. The van der Waals surface area contributed by atoms with Gasteiger partial charge in [0.15, 0.2) is 0 Å². The maximum Gasteiger partial charge on any atom is 0.288 e. The van der Waals surface area contributed by atoms with Crippen LogP contribution in [0.5, 0.6) is 0 Å². The van der Waals surface area contributed by atoms with E-state index < -0.39 is 4.92 Å². The molecule has 7 nitrogen and oxygen atoms in total. The molecule has 0 bridgehead atoms. The van der Waals surface area contributed by atoms with E-state index in [1.54, 1.807) is 6.07 Å². The Bertz CT molecular complexity index is 781. The second-order valence-electron chi connectivity index (χ2n) is 4.62. The van der Waals surface area contributed by atoms with Gasteiger partial charge >= 0.3 is 0 Å². The van der Waals surface area contributed by atoms with Crippen LogP contribution in [0.1, 0.15) is 5.56 Å². The van der Waals surface area contributed by atoms with Crippen LogP contribution < -0.4 is 10.7 Å². The fourth-order valence-corrected chi connectivity index (χ4v) is 2.26. The first kappa shape index (κ1) is 18.1. The summed E-state index contributed by atoms with van der Waals surface area (Å²) in [7, 11) is 0. The molecule has 0 fully saturated rings. The third-order valence-corrected chi connectivity index (χ3v) is 3.91. The molecular formula is C15H12ClIN4O3. The van der Waals surface area contributed by atoms with Crippen molar-refractivity contribution in [3.05, 3.63) is 66.7 Å². The zero-order chi connectivity index (χ0) is 17.5. The molecule has 2 rings (SSSR count). The molecule has 1 amide bonds. The fourth-order valence-electron chi connectivity index (χ4n) is 1.72. The number of nitrogens with one attached hydrogen (secondary N) is 2. The van der Waals surface area contributed by atoms with Gasteiger partial charge in [-0.3, -0.25) is 14.9 Å². The first-order valence-electron chi connectivity index (χ1n) is 6.71. The van der Waals surface area contributed by atoms with Gasteiger partial charge in [-0.25, -0.2) is 5.43 Å². The number of nitro groups is 1. The van der Waals surface area contributed by atoms with Crippen LogP contribution in [-0.2, 0) is 4.79 Å². The van der Waals surface area contributed by atoms with Gasteiger partial charge < -0.3 is 5.32 Å². The number of nitrogens with zero attached hydrogens (tertiary/aromatic N) is 2. The fraction of sp³-hybridized carbons (Fsp3) is 0.0667. The van der Waals surface area contributed by atoms with Crippen LogP contribution in [-0.4, -0.2) is 23.6 Å². The average Bonchev–Trinajstić information content (AvgIpc) is 2.55. The molecule has 0 unspecified atom stereocenters. The first-order chi connectivity index (χ1) is 11.5. The summed E-state index contributed by atoms with van der Waals surface area (Å²) in [4.78, 5) is 21.9. The van der Waals surface area contributed by atoms with Crippen LogP contribution in [0.2, 0.25) is 5.02 Å². The largest absolute Gasteiger partial charge is 0.376 e. The van der Waals surface area contributed by atoms with Crippen molar-refractivity contribution in [2.24, 2.45) is 5.10 Å². The standard InChI is InChI=1S/C15H12ClIN4O3/c16-13-6-1-10(7-14(13)21(23)24)8-19-20-15(22)9-18-12-4-2-11(17)3-5-12/h1-8,18H,9H2,(H,20,22)/b19-8-. The molecule has 0 saturated heterocycles.